The Morgan fingerprint density at radius 3 is 2.12 bits per heavy atom. The number of Topliss-reactive ketones (excluding diaryl/α,β-unsaturated/α-hetero) is 1. The Bertz CT molecular complexity index is 1380. The van der Waals surface area contributed by atoms with Crippen molar-refractivity contribution in [2.45, 2.75) is 64.4 Å². The standard InChI is InChI=1S/C33H35NO7/c1-33(2,3)41-32(38)34-26(20-23-14-17-25(18-15-23)39-21-24-12-8-5-9-13-24)29(35)28-30(36)27(40-31(28)37)19-16-22-10-6-4-7-11-22/h4-15,17-18,26-27,36H,16,19-21H2,1-3H3,(H,34,38)/t26-,27-/m1/s1. The molecule has 0 saturated heterocycles. The minimum absolute atomic E-state index is 0.0514. The quantitative estimate of drug-likeness (QED) is 0.232. The molecule has 0 fully saturated rings. The first kappa shape index (κ1) is 29.4. The summed E-state index contributed by atoms with van der Waals surface area (Å²) in [6, 6.07) is 25.2. The van der Waals surface area contributed by atoms with Crippen LogP contribution in [0.1, 0.15) is 43.9 Å². The molecule has 1 aliphatic rings. The highest BCUT2D eigenvalue weighted by atomic mass is 16.6. The van der Waals surface area contributed by atoms with Crippen LogP contribution in [0, 0.1) is 0 Å². The monoisotopic (exact) mass is 557 g/mol. The predicted octanol–water partition coefficient (Wildman–Crippen LogP) is 5.64. The molecule has 0 spiro atoms. The molecule has 0 aromatic heterocycles. The third-order valence-electron chi connectivity index (χ3n) is 6.42. The van der Waals surface area contributed by atoms with Crippen LogP contribution < -0.4 is 10.1 Å². The molecule has 3 aromatic carbocycles. The summed E-state index contributed by atoms with van der Waals surface area (Å²) in [4.78, 5) is 39.0. The number of amides is 1. The van der Waals surface area contributed by atoms with E-state index in [9.17, 15) is 19.5 Å². The average Bonchev–Trinajstić information content (AvgIpc) is 3.23. The lowest BCUT2D eigenvalue weighted by atomic mass is 9.96. The van der Waals surface area contributed by atoms with E-state index in [0.717, 1.165) is 11.1 Å². The number of hydrogen-bond acceptors (Lipinski definition) is 7. The number of aryl methyl sites for hydroxylation is 1. The Balaban J connectivity index is 1.48. The molecule has 214 valence electrons. The molecule has 1 heterocycles. The van der Waals surface area contributed by atoms with Gasteiger partial charge in [0.25, 0.3) is 0 Å². The van der Waals surface area contributed by atoms with Crippen molar-refractivity contribution in [3.05, 3.63) is 113 Å². The van der Waals surface area contributed by atoms with E-state index in [4.69, 9.17) is 14.2 Å². The summed E-state index contributed by atoms with van der Waals surface area (Å²) in [6.07, 6.45) is -0.846. The van der Waals surface area contributed by atoms with Gasteiger partial charge in [-0.05, 0) is 62.4 Å². The number of cyclic esters (lactones) is 1. The van der Waals surface area contributed by atoms with Gasteiger partial charge in [0.15, 0.2) is 17.6 Å². The summed E-state index contributed by atoms with van der Waals surface area (Å²) in [5.41, 5.74) is 1.50. The number of ether oxygens (including phenoxy) is 3. The SMILES string of the molecule is CC(C)(C)OC(=O)N[C@H](Cc1ccc(OCc2ccccc2)cc1)C(=O)C1=C(O)[C@@H](CCc2ccccc2)OC1=O. The lowest BCUT2D eigenvalue weighted by molar-refractivity contribution is -0.141. The minimum Gasteiger partial charge on any atom is -0.507 e. The van der Waals surface area contributed by atoms with Gasteiger partial charge in [0.1, 0.15) is 23.5 Å². The molecule has 2 N–H and O–H groups in total. The second kappa shape index (κ2) is 13.2. The fourth-order valence-corrected chi connectivity index (χ4v) is 4.41. The van der Waals surface area contributed by atoms with Gasteiger partial charge in [0.2, 0.25) is 0 Å². The van der Waals surface area contributed by atoms with Gasteiger partial charge >= 0.3 is 12.1 Å². The van der Waals surface area contributed by atoms with Crippen LogP contribution in [0.5, 0.6) is 5.75 Å². The van der Waals surface area contributed by atoms with E-state index < -0.39 is 46.9 Å². The number of hydrogen-bond donors (Lipinski definition) is 2. The fraction of sp³-hybridized carbons (Fsp3) is 0.303. The zero-order valence-corrected chi connectivity index (χ0v) is 23.5. The van der Waals surface area contributed by atoms with Crippen molar-refractivity contribution in [3.63, 3.8) is 0 Å². The number of benzene rings is 3. The maximum Gasteiger partial charge on any atom is 0.408 e. The van der Waals surface area contributed by atoms with E-state index in [1.807, 2.05) is 60.7 Å². The summed E-state index contributed by atoms with van der Waals surface area (Å²) in [5.74, 6) is -1.44. The molecule has 4 rings (SSSR count). The van der Waals surface area contributed by atoms with Crippen LogP contribution in [0.3, 0.4) is 0 Å². The number of carbonyl (C=O) groups is 3. The van der Waals surface area contributed by atoms with Gasteiger partial charge in [-0.2, -0.15) is 0 Å². The zero-order valence-electron chi connectivity index (χ0n) is 23.5. The first-order valence-corrected chi connectivity index (χ1v) is 13.6. The second-order valence-corrected chi connectivity index (χ2v) is 10.9. The van der Waals surface area contributed by atoms with Crippen molar-refractivity contribution < 1.29 is 33.7 Å². The molecule has 0 saturated carbocycles. The van der Waals surface area contributed by atoms with Crippen molar-refractivity contribution in [3.8, 4) is 5.75 Å². The van der Waals surface area contributed by atoms with Crippen molar-refractivity contribution in [1.29, 1.82) is 0 Å². The highest BCUT2D eigenvalue weighted by Crippen LogP contribution is 2.27. The van der Waals surface area contributed by atoms with Crippen LogP contribution in [0.15, 0.2) is 96.3 Å². The molecule has 0 aliphatic carbocycles. The van der Waals surface area contributed by atoms with E-state index in [1.54, 1.807) is 45.0 Å². The summed E-state index contributed by atoms with van der Waals surface area (Å²) >= 11 is 0. The third kappa shape index (κ3) is 8.45. The summed E-state index contributed by atoms with van der Waals surface area (Å²) in [5, 5.41) is 13.4. The van der Waals surface area contributed by atoms with E-state index in [-0.39, 0.29) is 6.42 Å². The predicted molar refractivity (Wildman–Crippen MR) is 153 cm³/mol. The largest absolute Gasteiger partial charge is 0.507 e. The van der Waals surface area contributed by atoms with Crippen LogP contribution in [0.2, 0.25) is 0 Å². The van der Waals surface area contributed by atoms with Gasteiger partial charge < -0.3 is 24.6 Å². The van der Waals surface area contributed by atoms with E-state index in [2.05, 4.69) is 5.32 Å². The number of alkyl carbamates (subject to hydrolysis) is 1. The lowest BCUT2D eigenvalue weighted by Crippen LogP contribution is -2.46. The Morgan fingerprint density at radius 2 is 1.51 bits per heavy atom. The number of ketones is 1. The first-order chi connectivity index (χ1) is 19.6. The Morgan fingerprint density at radius 1 is 0.902 bits per heavy atom. The maximum atomic E-state index is 13.6. The van der Waals surface area contributed by atoms with Gasteiger partial charge in [-0.15, -0.1) is 0 Å². The fourth-order valence-electron chi connectivity index (χ4n) is 4.41. The van der Waals surface area contributed by atoms with Crippen LogP contribution in [0.4, 0.5) is 4.79 Å². The van der Waals surface area contributed by atoms with E-state index in [1.165, 1.54) is 0 Å². The Labute approximate surface area is 239 Å². The number of rotatable bonds is 11. The van der Waals surface area contributed by atoms with Gasteiger partial charge in [0.05, 0.1) is 6.04 Å². The highest BCUT2D eigenvalue weighted by molar-refractivity contribution is 6.21. The van der Waals surface area contributed by atoms with Crippen molar-refractivity contribution in [2.75, 3.05) is 0 Å². The molecule has 3 aromatic rings. The number of aliphatic hydroxyl groups is 1. The molecule has 0 bridgehead atoms. The van der Waals surface area contributed by atoms with Crippen molar-refractivity contribution >= 4 is 17.8 Å². The number of esters is 1. The molecule has 8 heteroatoms. The van der Waals surface area contributed by atoms with Crippen molar-refractivity contribution in [1.82, 2.24) is 5.32 Å². The number of carbonyl (C=O) groups excluding carboxylic acids is 3. The molecule has 41 heavy (non-hydrogen) atoms. The Kier molecular flexibility index (Phi) is 9.45. The van der Waals surface area contributed by atoms with E-state index >= 15 is 0 Å². The molecule has 1 aliphatic heterocycles. The molecule has 0 unspecified atom stereocenters. The molecular weight excluding hydrogens is 522 g/mol. The Hall–Kier alpha value is -4.59. The van der Waals surface area contributed by atoms with Crippen LogP contribution in [-0.4, -0.2) is 40.7 Å². The summed E-state index contributed by atoms with van der Waals surface area (Å²) < 4.78 is 16.5. The topological polar surface area (TPSA) is 111 Å². The smallest absolute Gasteiger partial charge is 0.408 e. The molecule has 8 nitrogen and oxygen atoms in total. The van der Waals surface area contributed by atoms with E-state index in [0.29, 0.717) is 30.8 Å². The highest BCUT2D eigenvalue weighted by Gasteiger charge is 2.41. The summed E-state index contributed by atoms with van der Waals surface area (Å²) in [7, 11) is 0. The number of nitrogens with one attached hydrogen (secondary N) is 1. The van der Waals surface area contributed by atoms with Gasteiger partial charge in [-0.3, -0.25) is 4.79 Å². The molecule has 1 amide bonds. The van der Waals surface area contributed by atoms with Crippen molar-refractivity contribution in [2.24, 2.45) is 0 Å². The van der Waals surface area contributed by atoms with Crippen LogP contribution in [0.25, 0.3) is 0 Å². The summed E-state index contributed by atoms with van der Waals surface area (Å²) in [6.45, 7) is 5.52. The first-order valence-electron chi connectivity index (χ1n) is 13.6. The lowest BCUT2D eigenvalue weighted by Gasteiger charge is -2.23. The average molecular weight is 558 g/mol. The molecule has 2 atom stereocenters. The normalized spacial score (nSPS) is 15.7. The maximum absolute atomic E-state index is 13.6. The van der Waals surface area contributed by atoms with Crippen LogP contribution in [-0.2, 0) is 38.5 Å². The number of aliphatic hydroxyl groups excluding tert-OH is 1. The minimum atomic E-state index is -1.18. The van der Waals surface area contributed by atoms with Gasteiger partial charge in [-0.1, -0.05) is 72.8 Å². The third-order valence-corrected chi connectivity index (χ3v) is 6.42. The second-order valence-electron chi connectivity index (χ2n) is 10.9. The molecular formula is C33H35NO7. The zero-order chi connectivity index (χ0) is 29.4. The molecule has 0 radical (unpaired) electrons. The van der Waals surface area contributed by atoms with Crippen LogP contribution >= 0.6 is 0 Å². The van der Waals surface area contributed by atoms with Gasteiger partial charge in [0, 0.05) is 6.42 Å². The van der Waals surface area contributed by atoms with Gasteiger partial charge in [-0.25, -0.2) is 9.59 Å².